The Kier molecular flexibility index (Phi) is 5.11. The lowest BCUT2D eigenvalue weighted by molar-refractivity contribution is -0.133. The average molecular weight is 280 g/mol. The van der Waals surface area contributed by atoms with E-state index in [9.17, 15) is 4.79 Å². The van der Waals surface area contributed by atoms with Crippen molar-refractivity contribution >= 4 is 5.91 Å². The third kappa shape index (κ3) is 4.03. The molecule has 1 fully saturated rings. The second-order valence-corrected chi connectivity index (χ2v) is 5.71. The molecule has 1 amide bonds. The van der Waals surface area contributed by atoms with Crippen molar-refractivity contribution in [3.05, 3.63) is 11.7 Å². The number of hydrogen-bond acceptors (Lipinski definition) is 5. The smallest absolute Gasteiger partial charge is 0.226 e. The topological polar surface area (TPSA) is 62.5 Å². The zero-order chi connectivity index (χ0) is 14.5. The maximum Gasteiger partial charge on any atom is 0.226 e. The van der Waals surface area contributed by atoms with Gasteiger partial charge in [0, 0.05) is 39.0 Å². The Morgan fingerprint density at radius 3 is 2.55 bits per heavy atom. The Balaban J connectivity index is 1.78. The van der Waals surface area contributed by atoms with Crippen molar-refractivity contribution in [3.63, 3.8) is 0 Å². The van der Waals surface area contributed by atoms with E-state index >= 15 is 0 Å². The minimum Gasteiger partial charge on any atom is -0.340 e. The molecule has 1 aromatic heterocycles. The first-order chi connectivity index (χ1) is 9.58. The summed E-state index contributed by atoms with van der Waals surface area (Å²) in [4.78, 5) is 20.5. The first-order valence-corrected chi connectivity index (χ1v) is 7.40. The molecule has 2 heterocycles. The van der Waals surface area contributed by atoms with Gasteiger partial charge in [-0.25, -0.2) is 0 Å². The van der Waals surface area contributed by atoms with E-state index in [4.69, 9.17) is 4.52 Å². The molecule has 112 valence electrons. The summed E-state index contributed by atoms with van der Waals surface area (Å²) < 4.78 is 5.11. The molecule has 0 aliphatic carbocycles. The second kappa shape index (κ2) is 6.83. The van der Waals surface area contributed by atoms with Crippen LogP contribution >= 0.6 is 0 Å². The van der Waals surface area contributed by atoms with Crippen LogP contribution in [-0.2, 0) is 17.8 Å². The van der Waals surface area contributed by atoms with Crippen molar-refractivity contribution in [1.82, 2.24) is 19.9 Å². The first-order valence-electron chi connectivity index (χ1n) is 7.40. The van der Waals surface area contributed by atoms with Crippen LogP contribution in [0.5, 0.6) is 0 Å². The third-order valence-corrected chi connectivity index (χ3v) is 3.49. The molecule has 6 nitrogen and oxygen atoms in total. The van der Waals surface area contributed by atoms with E-state index in [1.807, 2.05) is 11.8 Å². The van der Waals surface area contributed by atoms with Crippen LogP contribution < -0.4 is 0 Å². The molecule has 6 heteroatoms. The standard InChI is InChI=1S/C14H24N4O2/c1-4-13-15-12(16-20-13)10-17-5-7-18(8-6-17)14(19)9-11(2)3/h11H,4-10H2,1-3H3. The van der Waals surface area contributed by atoms with Crippen molar-refractivity contribution in [1.29, 1.82) is 0 Å². The summed E-state index contributed by atoms with van der Waals surface area (Å²) in [6.07, 6.45) is 1.41. The number of carbonyl (C=O) groups is 1. The average Bonchev–Trinajstić information content (AvgIpc) is 2.86. The Hall–Kier alpha value is -1.43. The summed E-state index contributed by atoms with van der Waals surface area (Å²) >= 11 is 0. The minimum absolute atomic E-state index is 0.271. The molecule has 1 saturated heterocycles. The summed E-state index contributed by atoms with van der Waals surface area (Å²) in [5, 5.41) is 3.97. The van der Waals surface area contributed by atoms with Gasteiger partial charge in [0.05, 0.1) is 6.54 Å². The number of carbonyl (C=O) groups excluding carboxylic acids is 1. The Labute approximate surface area is 120 Å². The lowest BCUT2D eigenvalue weighted by Gasteiger charge is -2.34. The summed E-state index contributed by atoms with van der Waals surface area (Å²) in [7, 11) is 0. The summed E-state index contributed by atoms with van der Waals surface area (Å²) in [5.74, 6) is 2.12. The van der Waals surface area contributed by atoms with Gasteiger partial charge in [-0.2, -0.15) is 4.98 Å². The highest BCUT2D eigenvalue weighted by Crippen LogP contribution is 2.10. The molecule has 0 spiro atoms. The molecule has 0 N–H and O–H groups in total. The molecule has 0 aromatic carbocycles. The van der Waals surface area contributed by atoms with Gasteiger partial charge in [0.2, 0.25) is 11.8 Å². The molecule has 0 unspecified atom stereocenters. The molecular formula is C14H24N4O2. The molecule has 0 atom stereocenters. The summed E-state index contributed by atoms with van der Waals surface area (Å²) in [6.45, 7) is 10.2. The molecule has 0 radical (unpaired) electrons. The van der Waals surface area contributed by atoms with Crippen molar-refractivity contribution in [3.8, 4) is 0 Å². The van der Waals surface area contributed by atoms with Crippen LogP contribution in [0.4, 0.5) is 0 Å². The van der Waals surface area contributed by atoms with Gasteiger partial charge < -0.3 is 9.42 Å². The van der Waals surface area contributed by atoms with Crippen LogP contribution in [0.1, 0.15) is 38.9 Å². The van der Waals surface area contributed by atoms with E-state index in [-0.39, 0.29) is 5.91 Å². The van der Waals surface area contributed by atoms with Gasteiger partial charge in [0.15, 0.2) is 5.82 Å². The van der Waals surface area contributed by atoms with E-state index < -0.39 is 0 Å². The molecule has 2 rings (SSSR count). The summed E-state index contributed by atoms with van der Waals surface area (Å²) in [6, 6.07) is 0. The number of aromatic nitrogens is 2. The van der Waals surface area contributed by atoms with Gasteiger partial charge in [-0.15, -0.1) is 0 Å². The fourth-order valence-electron chi connectivity index (χ4n) is 2.33. The Morgan fingerprint density at radius 2 is 2.00 bits per heavy atom. The van der Waals surface area contributed by atoms with Crippen molar-refractivity contribution < 1.29 is 9.32 Å². The third-order valence-electron chi connectivity index (χ3n) is 3.49. The van der Waals surface area contributed by atoms with Crippen molar-refractivity contribution in [2.24, 2.45) is 5.92 Å². The van der Waals surface area contributed by atoms with Gasteiger partial charge in [-0.1, -0.05) is 25.9 Å². The SMILES string of the molecule is CCc1nc(CN2CCN(C(=O)CC(C)C)CC2)no1. The normalized spacial score (nSPS) is 16.9. The van der Waals surface area contributed by atoms with Crippen LogP contribution in [0, 0.1) is 5.92 Å². The number of rotatable bonds is 5. The maximum absolute atomic E-state index is 12.0. The number of piperazine rings is 1. The Bertz CT molecular complexity index is 436. The van der Waals surface area contributed by atoms with Crippen LogP contribution in [-0.4, -0.2) is 52.0 Å². The fourth-order valence-corrected chi connectivity index (χ4v) is 2.33. The van der Waals surface area contributed by atoms with Crippen LogP contribution in [0.3, 0.4) is 0 Å². The zero-order valence-corrected chi connectivity index (χ0v) is 12.6. The quantitative estimate of drug-likeness (QED) is 0.814. The molecule has 0 saturated carbocycles. The predicted molar refractivity (Wildman–Crippen MR) is 75.0 cm³/mol. The van der Waals surface area contributed by atoms with Gasteiger partial charge in [-0.3, -0.25) is 9.69 Å². The molecule has 1 aromatic rings. The van der Waals surface area contributed by atoms with E-state index in [1.54, 1.807) is 0 Å². The lowest BCUT2D eigenvalue weighted by Crippen LogP contribution is -2.48. The highest BCUT2D eigenvalue weighted by atomic mass is 16.5. The number of amides is 1. The highest BCUT2D eigenvalue weighted by molar-refractivity contribution is 5.76. The molecule has 20 heavy (non-hydrogen) atoms. The largest absolute Gasteiger partial charge is 0.340 e. The van der Waals surface area contributed by atoms with Crippen LogP contribution in [0.15, 0.2) is 4.52 Å². The van der Waals surface area contributed by atoms with Crippen molar-refractivity contribution in [2.45, 2.75) is 40.2 Å². The minimum atomic E-state index is 0.271. The number of nitrogens with zero attached hydrogens (tertiary/aromatic N) is 4. The van der Waals surface area contributed by atoms with Crippen LogP contribution in [0.25, 0.3) is 0 Å². The Morgan fingerprint density at radius 1 is 1.30 bits per heavy atom. The monoisotopic (exact) mass is 280 g/mol. The first kappa shape index (κ1) is 15.0. The van der Waals surface area contributed by atoms with Crippen molar-refractivity contribution in [2.75, 3.05) is 26.2 Å². The predicted octanol–water partition coefficient (Wildman–Crippen LogP) is 1.32. The highest BCUT2D eigenvalue weighted by Gasteiger charge is 2.22. The summed E-state index contributed by atoms with van der Waals surface area (Å²) in [5.41, 5.74) is 0. The van der Waals surface area contributed by atoms with Gasteiger partial charge in [0.1, 0.15) is 0 Å². The number of hydrogen-bond donors (Lipinski definition) is 0. The fraction of sp³-hybridized carbons (Fsp3) is 0.786. The van der Waals surface area contributed by atoms with E-state index in [0.717, 1.165) is 38.4 Å². The molecule has 1 aliphatic heterocycles. The second-order valence-electron chi connectivity index (χ2n) is 5.71. The van der Waals surface area contributed by atoms with Gasteiger partial charge >= 0.3 is 0 Å². The zero-order valence-electron chi connectivity index (χ0n) is 12.6. The van der Waals surface area contributed by atoms with E-state index in [0.29, 0.717) is 24.8 Å². The number of aryl methyl sites for hydroxylation is 1. The van der Waals surface area contributed by atoms with Gasteiger partial charge in [-0.05, 0) is 5.92 Å². The van der Waals surface area contributed by atoms with Gasteiger partial charge in [0.25, 0.3) is 0 Å². The molecule has 1 aliphatic rings. The maximum atomic E-state index is 12.0. The molecular weight excluding hydrogens is 256 g/mol. The molecule has 0 bridgehead atoms. The van der Waals surface area contributed by atoms with Crippen LogP contribution in [0.2, 0.25) is 0 Å². The van der Waals surface area contributed by atoms with E-state index in [2.05, 4.69) is 28.9 Å². The lowest BCUT2D eigenvalue weighted by atomic mass is 10.1. The van der Waals surface area contributed by atoms with E-state index in [1.165, 1.54) is 0 Å².